The molecule has 6 heteroatoms. The lowest BCUT2D eigenvalue weighted by Gasteiger charge is -2.19. The molecule has 0 bridgehead atoms. The van der Waals surface area contributed by atoms with Crippen LogP contribution in [0.5, 0.6) is 0 Å². The van der Waals surface area contributed by atoms with Gasteiger partial charge >= 0.3 is 6.09 Å². The normalized spacial score (nSPS) is 11.5. The second kappa shape index (κ2) is 5.88. The average Bonchev–Trinajstić information content (AvgIpc) is 2.90. The first-order valence-electron chi connectivity index (χ1n) is 7.66. The summed E-state index contributed by atoms with van der Waals surface area (Å²) >= 11 is 0. The van der Waals surface area contributed by atoms with Crippen LogP contribution in [0, 0.1) is 0 Å². The number of H-pyrrole nitrogens is 1. The smallest absolute Gasteiger partial charge is 0.412 e. The van der Waals surface area contributed by atoms with Gasteiger partial charge in [-0.2, -0.15) is 0 Å². The van der Waals surface area contributed by atoms with Gasteiger partial charge in [0.15, 0.2) is 0 Å². The number of aromatic nitrogens is 2. The van der Waals surface area contributed by atoms with Crippen LogP contribution in [0.3, 0.4) is 0 Å². The number of carbonyl (C=O) groups is 1. The third kappa shape index (κ3) is 3.48. The first kappa shape index (κ1) is 15.9. The number of nitrogens with zero attached hydrogens (tertiary/aromatic N) is 1. The molecule has 0 saturated heterocycles. The zero-order valence-corrected chi connectivity index (χ0v) is 13.9. The van der Waals surface area contributed by atoms with Crippen LogP contribution in [-0.4, -0.2) is 21.7 Å². The fourth-order valence-corrected chi connectivity index (χ4v) is 2.37. The van der Waals surface area contributed by atoms with Gasteiger partial charge in [0.2, 0.25) is 0 Å². The summed E-state index contributed by atoms with van der Waals surface area (Å²) in [6, 6.07) is 13.2. The molecule has 0 spiro atoms. The van der Waals surface area contributed by atoms with E-state index in [0.717, 1.165) is 16.9 Å². The van der Waals surface area contributed by atoms with Gasteiger partial charge in [-0.15, -0.1) is 0 Å². The Morgan fingerprint density at radius 1 is 1.21 bits per heavy atom. The molecule has 1 aromatic heterocycles. The van der Waals surface area contributed by atoms with Crippen molar-refractivity contribution in [3.05, 3.63) is 42.5 Å². The molecule has 6 nitrogen and oxygen atoms in total. The second-order valence-corrected chi connectivity index (χ2v) is 6.54. The molecule has 24 heavy (non-hydrogen) atoms. The number of carbonyl (C=O) groups excluding carboxylic acids is 1. The molecular weight excluding hydrogens is 304 g/mol. The summed E-state index contributed by atoms with van der Waals surface area (Å²) in [5.41, 5.74) is 8.94. The predicted molar refractivity (Wildman–Crippen MR) is 95.8 cm³/mol. The quantitative estimate of drug-likeness (QED) is 0.617. The molecule has 0 fully saturated rings. The van der Waals surface area contributed by atoms with Crippen molar-refractivity contribution in [2.75, 3.05) is 11.1 Å². The van der Waals surface area contributed by atoms with Crippen molar-refractivity contribution >= 4 is 28.5 Å². The van der Waals surface area contributed by atoms with Crippen LogP contribution in [0.1, 0.15) is 20.8 Å². The van der Waals surface area contributed by atoms with Gasteiger partial charge in [0.05, 0.1) is 11.2 Å². The van der Waals surface area contributed by atoms with Crippen LogP contribution in [0.25, 0.3) is 22.4 Å². The molecule has 1 amide bonds. The van der Waals surface area contributed by atoms with Crippen molar-refractivity contribution in [3.63, 3.8) is 0 Å². The number of amides is 1. The van der Waals surface area contributed by atoms with Gasteiger partial charge in [0, 0.05) is 11.3 Å². The Balaban J connectivity index is 1.91. The maximum atomic E-state index is 11.9. The van der Waals surface area contributed by atoms with Crippen LogP contribution in [0.4, 0.5) is 16.2 Å². The summed E-state index contributed by atoms with van der Waals surface area (Å²) in [6.07, 6.45) is -0.524. The molecule has 0 atom stereocenters. The summed E-state index contributed by atoms with van der Waals surface area (Å²) < 4.78 is 5.25. The Kier molecular flexibility index (Phi) is 3.89. The van der Waals surface area contributed by atoms with E-state index in [-0.39, 0.29) is 0 Å². The Morgan fingerprint density at radius 3 is 2.58 bits per heavy atom. The van der Waals surface area contributed by atoms with Crippen LogP contribution < -0.4 is 11.1 Å². The van der Waals surface area contributed by atoms with Crippen molar-refractivity contribution in [3.8, 4) is 11.4 Å². The molecule has 0 aliphatic carbocycles. The van der Waals surface area contributed by atoms with Gasteiger partial charge in [-0.3, -0.25) is 5.32 Å². The van der Waals surface area contributed by atoms with E-state index in [1.165, 1.54) is 0 Å². The standard InChI is InChI=1S/C18H20N4O2/c1-18(2,3)24-17(23)20-12-9-13(19)15-14(10-12)21-16(22-15)11-7-5-4-6-8-11/h4-10H,19H2,1-3H3,(H,20,23)(H,21,22). The van der Waals surface area contributed by atoms with E-state index in [2.05, 4.69) is 15.3 Å². The second-order valence-electron chi connectivity index (χ2n) is 6.54. The number of ether oxygens (including phenoxy) is 1. The molecule has 2 aromatic carbocycles. The van der Waals surface area contributed by atoms with E-state index in [4.69, 9.17) is 10.5 Å². The highest BCUT2D eigenvalue weighted by Crippen LogP contribution is 2.27. The molecule has 124 valence electrons. The van der Waals surface area contributed by atoms with Crippen molar-refractivity contribution in [1.82, 2.24) is 9.97 Å². The van der Waals surface area contributed by atoms with Gasteiger partial charge < -0.3 is 15.5 Å². The summed E-state index contributed by atoms with van der Waals surface area (Å²) in [5, 5.41) is 2.69. The molecule has 1 heterocycles. The number of aromatic amines is 1. The number of anilines is 2. The zero-order chi connectivity index (χ0) is 17.3. The van der Waals surface area contributed by atoms with Crippen molar-refractivity contribution in [2.45, 2.75) is 26.4 Å². The molecule has 4 N–H and O–H groups in total. The largest absolute Gasteiger partial charge is 0.444 e. The van der Waals surface area contributed by atoms with Gasteiger partial charge in [-0.05, 0) is 32.9 Å². The number of nitrogens with one attached hydrogen (secondary N) is 2. The summed E-state index contributed by atoms with van der Waals surface area (Å²) in [7, 11) is 0. The lowest BCUT2D eigenvalue weighted by molar-refractivity contribution is 0.0636. The number of imidazole rings is 1. The van der Waals surface area contributed by atoms with Gasteiger partial charge in [-0.25, -0.2) is 9.78 Å². The Bertz CT molecular complexity index is 879. The minimum atomic E-state index is -0.561. The first-order chi connectivity index (χ1) is 11.3. The topological polar surface area (TPSA) is 93.0 Å². The van der Waals surface area contributed by atoms with Crippen LogP contribution >= 0.6 is 0 Å². The molecule has 0 unspecified atom stereocenters. The minimum Gasteiger partial charge on any atom is -0.444 e. The number of nitrogens with two attached hydrogens (primary N) is 1. The molecular formula is C18H20N4O2. The lowest BCUT2D eigenvalue weighted by Crippen LogP contribution is -2.27. The summed E-state index contributed by atoms with van der Waals surface area (Å²) in [4.78, 5) is 19.7. The molecule has 0 aliphatic heterocycles. The van der Waals surface area contributed by atoms with E-state index in [1.807, 2.05) is 51.1 Å². The van der Waals surface area contributed by atoms with Crippen molar-refractivity contribution in [1.29, 1.82) is 0 Å². The lowest BCUT2D eigenvalue weighted by atomic mass is 10.2. The minimum absolute atomic E-state index is 0.483. The van der Waals surface area contributed by atoms with E-state index < -0.39 is 11.7 Å². The van der Waals surface area contributed by atoms with Gasteiger partial charge in [-0.1, -0.05) is 30.3 Å². The van der Waals surface area contributed by atoms with Crippen molar-refractivity contribution < 1.29 is 9.53 Å². The fourth-order valence-electron chi connectivity index (χ4n) is 2.37. The first-order valence-corrected chi connectivity index (χ1v) is 7.66. The number of rotatable bonds is 2. The summed E-state index contributed by atoms with van der Waals surface area (Å²) in [6.45, 7) is 5.43. The average molecular weight is 324 g/mol. The zero-order valence-electron chi connectivity index (χ0n) is 13.9. The number of hydrogen-bond acceptors (Lipinski definition) is 4. The molecule has 3 aromatic rings. The fraction of sp³-hybridized carbons (Fsp3) is 0.222. The Hall–Kier alpha value is -3.02. The highest BCUT2D eigenvalue weighted by molar-refractivity contribution is 5.96. The number of hydrogen-bond donors (Lipinski definition) is 3. The Labute approximate surface area is 140 Å². The molecule has 0 aliphatic rings. The van der Waals surface area contributed by atoms with E-state index in [0.29, 0.717) is 16.9 Å². The van der Waals surface area contributed by atoms with Crippen molar-refractivity contribution in [2.24, 2.45) is 0 Å². The molecule has 0 saturated carbocycles. The third-order valence-corrected chi connectivity index (χ3v) is 3.31. The van der Waals surface area contributed by atoms with Gasteiger partial charge in [0.1, 0.15) is 16.9 Å². The predicted octanol–water partition coefficient (Wildman–Crippen LogP) is 4.16. The van der Waals surface area contributed by atoms with Gasteiger partial charge in [0.25, 0.3) is 0 Å². The van der Waals surface area contributed by atoms with Crippen LogP contribution in [0.2, 0.25) is 0 Å². The highest BCUT2D eigenvalue weighted by Gasteiger charge is 2.17. The van der Waals surface area contributed by atoms with E-state index >= 15 is 0 Å². The van der Waals surface area contributed by atoms with E-state index in [9.17, 15) is 4.79 Å². The summed E-state index contributed by atoms with van der Waals surface area (Å²) in [5.74, 6) is 0.728. The maximum Gasteiger partial charge on any atom is 0.412 e. The molecule has 0 radical (unpaired) electrons. The van der Waals surface area contributed by atoms with Crippen LogP contribution in [0.15, 0.2) is 42.5 Å². The van der Waals surface area contributed by atoms with E-state index in [1.54, 1.807) is 12.1 Å². The third-order valence-electron chi connectivity index (χ3n) is 3.31. The SMILES string of the molecule is CC(C)(C)OC(=O)Nc1cc(N)c2nc(-c3ccccc3)[nH]c2c1. The molecule has 3 rings (SSSR count). The number of fused-ring (bicyclic) bond motifs is 1. The monoisotopic (exact) mass is 324 g/mol. The Morgan fingerprint density at radius 2 is 1.92 bits per heavy atom. The van der Waals surface area contributed by atoms with Crippen LogP contribution in [-0.2, 0) is 4.74 Å². The number of nitrogen functional groups attached to an aromatic ring is 1. The maximum absolute atomic E-state index is 11.9. The highest BCUT2D eigenvalue weighted by atomic mass is 16.6. The number of benzene rings is 2.